The Morgan fingerprint density at radius 2 is 2.31 bits per heavy atom. The first-order valence-corrected chi connectivity index (χ1v) is 5.07. The van der Waals surface area contributed by atoms with Crippen LogP contribution in [0.1, 0.15) is 18.1 Å². The van der Waals surface area contributed by atoms with E-state index in [2.05, 4.69) is 6.07 Å². The summed E-state index contributed by atoms with van der Waals surface area (Å²) in [6, 6.07) is 7.59. The number of hydrogen-bond donors (Lipinski definition) is 1. The highest BCUT2D eigenvalue weighted by Gasteiger charge is 2.02. The van der Waals surface area contributed by atoms with Crippen LogP contribution in [0.15, 0.2) is 23.1 Å². The van der Waals surface area contributed by atoms with Crippen molar-refractivity contribution in [2.75, 3.05) is 5.75 Å². The Morgan fingerprint density at radius 3 is 2.85 bits per heavy atom. The smallest absolute Gasteiger partial charge is 0.100 e. The van der Waals surface area contributed by atoms with Crippen molar-refractivity contribution in [3.8, 4) is 6.07 Å². The summed E-state index contributed by atoms with van der Waals surface area (Å²) in [5, 5.41) is 17.7. The molecule has 0 radical (unpaired) electrons. The fourth-order valence-corrected chi connectivity index (χ4v) is 1.78. The first-order valence-electron chi connectivity index (χ1n) is 4.08. The number of aliphatic hydroxyl groups excluding tert-OH is 1. The van der Waals surface area contributed by atoms with E-state index in [4.69, 9.17) is 10.4 Å². The van der Waals surface area contributed by atoms with E-state index in [1.165, 1.54) is 0 Å². The van der Waals surface area contributed by atoms with Crippen molar-refractivity contribution in [1.29, 1.82) is 5.26 Å². The van der Waals surface area contributed by atoms with Crippen LogP contribution in [-0.2, 0) is 6.61 Å². The van der Waals surface area contributed by atoms with Gasteiger partial charge in [0, 0.05) is 4.90 Å². The van der Waals surface area contributed by atoms with Crippen molar-refractivity contribution in [2.24, 2.45) is 0 Å². The molecular formula is C10H11NOS. The molecule has 0 heterocycles. The van der Waals surface area contributed by atoms with Gasteiger partial charge in [0.2, 0.25) is 0 Å². The normalized spacial score (nSPS) is 9.62. The van der Waals surface area contributed by atoms with Crippen LogP contribution in [0.2, 0.25) is 0 Å². The quantitative estimate of drug-likeness (QED) is 0.748. The van der Waals surface area contributed by atoms with Gasteiger partial charge in [0.15, 0.2) is 0 Å². The summed E-state index contributed by atoms with van der Waals surface area (Å²) >= 11 is 1.64. The van der Waals surface area contributed by atoms with Crippen molar-refractivity contribution < 1.29 is 5.11 Å². The van der Waals surface area contributed by atoms with Crippen LogP contribution in [-0.4, -0.2) is 10.9 Å². The predicted octanol–water partition coefficient (Wildman–Crippen LogP) is 2.16. The number of thioether (sulfide) groups is 1. The zero-order chi connectivity index (χ0) is 9.68. The van der Waals surface area contributed by atoms with E-state index in [9.17, 15) is 0 Å². The molecule has 0 aliphatic heterocycles. The Kier molecular flexibility index (Phi) is 3.81. The van der Waals surface area contributed by atoms with Gasteiger partial charge in [-0.05, 0) is 23.4 Å². The summed E-state index contributed by atoms with van der Waals surface area (Å²) in [5.74, 6) is 0.952. The number of hydrogen-bond acceptors (Lipinski definition) is 3. The molecule has 3 heteroatoms. The van der Waals surface area contributed by atoms with Gasteiger partial charge < -0.3 is 5.11 Å². The minimum Gasteiger partial charge on any atom is -0.392 e. The Bertz CT molecular complexity index is 330. The minimum absolute atomic E-state index is 0.00818. The molecule has 0 aromatic heterocycles. The summed E-state index contributed by atoms with van der Waals surface area (Å²) in [5.41, 5.74) is 1.44. The highest BCUT2D eigenvalue weighted by atomic mass is 32.2. The zero-order valence-corrected chi connectivity index (χ0v) is 8.27. The van der Waals surface area contributed by atoms with E-state index in [0.29, 0.717) is 5.56 Å². The second-order valence-corrected chi connectivity index (χ2v) is 3.84. The number of nitrogens with zero attached hydrogens (tertiary/aromatic N) is 1. The minimum atomic E-state index is -0.00818. The number of aliphatic hydroxyl groups is 1. The van der Waals surface area contributed by atoms with Crippen LogP contribution in [0.3, 0.4) is 0 Å². The second kappa shape index (κ2) is 4.90. The highest BCUT2D eigenvalue weighted by molar-refractivity contribution is 7.99. The van der Waals surface area contributed by atoms with Crippen LogP contribution >= 0.6 is 11.8 Å². The standard InChI is InChI=1S/C10H11NOS/c1-2-13-10-4-3-8(7-12)5-9(10)6-11/h3-5,12H,2,7H2,1H3. The van der Waals surface area contributed by atoms with Crippen molar-refractivity contribution in [3.63, 3.8) is 0 Å². The van der Waals surface area contributed by atoms with Crippen LogP contribution < -0.4 is 0 Å². The first-order chi connectivity index (χ1) is 6.31. The van der Waals surface area contributed by atoms with E-state index in [-0.39, 0.29) is 6.61 Å². The molecule has 0 aliphatic carbocycles. The maximum Gasteiger partial charge on any atom is 0.100 e. The Labute approximate surface area is 82.2 Å². The SMILES string of the molecule is CCSc1ccc(CO)cc1C#N. The van der Waals surface area contributed by atoms with Crippen molar-refractivity contribution in [1.82, 2.24) is 0 Å². The molecule has 1 aromatic carbocycles. The maximum atomic E-state index is 8.86. The molecule has 13 heavy (non-hydrogen) atoms. The number of benzene rings is 1. The number of nitriles is 1. The lowest BCUT2D eigenvalue weighted by atomic mass is 10.1. The summed E-state index contributed by atoms with van der Waals surface area (Å²) in [4.78, 5) is 0.988. The van der Waals surface area contributed by atoms with Gasteiger partial charge in [0.1, 0.15) is 6.07 Å². The molecule has 0 fully saturated rings. The topological polar surface area (TPSA) is 44.0 Å². The van der Waals surface area contributed by atoms with Gasteiger partial charge in [-0.25, -0.2) is 0 Å². The second-order valence-electron chi connectivity index (χ2n) is 2.53. The number of rotatable bonds is 3. The van der Waals surface area contributed by atoms with Gasteiger partial charge in [-0.2, -0.15) is 5.26 Å². The average Bonchev–Trinajstić information content (AvgIpc) is 2.19. The van der Waals surface area contributed by atoms with Crippen molar-refractivity contribution >= 4 is 11.8 Å². The summed E-state index contributed by atoms with van der Waals surface area (Å²) in [6.45, 7) is 2.04. The third-order valence-corrected chi connectivity index (χ3v) is 2.60. The molecular weight excluding hydrogens is 182 g/mol. The molecule has 0 atom stereocenters. The van der Waals surface area contributed by atoms with Gasteiger partial charge >= 0.3 is 0 Å². The van der Waals surface area contributed by atoms with Crippen LogP contribution in [0.5, 0.6) is 0 Å². The van der Waals surface area contributed by atoms with Crippen LogP contribution in [0.4, 0.5) is 0 Å². The third-order valence-electron chi connectivity index (χ3n) is 1.65. The molecule has 0 aliphatic rings. The molecule has 0 unspecified atom stereocenters. The van der Waals surface area contributed by atoms with Gasteiger partial charge in [-0.1, -0.05) is 13.0 Å². The van der Waals surface area contributed by atoms with E-state index >= 15 is 0 Å². The summed E-state index contributed by atoms with van der Waals surface area (Å²) < 4.78 is 0. The molecule has 1 aromatic rings. The summed E-state index contributed by atoms with van der Waals surface area (Å²) in [7, 11) is 0. The molecule has 0 saturated carbocycles. The molecule has 0 amide bonds. The molecule has 0 bridgehead atoms. The van der Waals surface area contributed by atoms with E-state index in [1.807, 2.05) is 19.1 Å². The Balaban J connectivity index is 3.02. The van der Waals surface area contributed by atoms with Crippen molar-refractivity contribution in [2.45, 2.75) is 18.4 Å². The van der Waals surface area contributed by atoms with Gasteiger partial charge in [0.05, 0.1) is 12.2 Å². The fraction of sp³-hybridized carbons (Fsp3) is 0.300. The monoisotopic (exact) mass is 193 g/mol. The molecule has 2 nitrogen and oxygen atoms in total. The lowest BCUT2D eigenvalue weighted by molar-refractivity contribution is 0.281. The predicted molar refractivity (Wildman–Crippen MR) is 53.5 cm³/mol. The average molecular weight is 193 g/mol. The lowest BCUT2D eigenvalue weighted by Crippen LogP contribution is -1.87. The van der Waals surface area contributed by atoms with E-state index in [1.54, 1.807) is 17.8 Å². The molecule has 68 valence electrons. The van der Waals surface area contributed by atoms with Crippen LogP contribution in [0, 0.1) is 11.3 Å². The molecule has 1 N–H and O–H groups in total. The van der Waals surface area contributed by atoms with E-state index < -0.39 is 0 Å². The molecule has 1 rings (SSSR count). The largest absolute Gasteiger partial charge is 0.392 e. The lowest BCUT2D eigenvalue weighted by Gasteiger charge is -2.03. The van der Waals surface area contributed by atoms with Gasteiger partial charge in [0.25, 0.3) is 0 Å². The zero-order valence-electron chi connectivity index (χ0n) is 7.45. The van der Waals surface area contributed by atoms with E-state index in [0.717, 1.165) is 16.2 Å². The molecule has 0 spiro atoms. The first kappa shape index (κ1) is 10.1. The third kappa shape index (κ3) is 2.48. The van der Waals surface area contributed by atoms with Crippen molar-refractivity contribution in [3.05, 3.63) is 29.3 Å². The summed E-state index contributed by atoms with van der Waals surface area (Å²) in [6.07, 6.45) is 0. The molecule has 0 saturated heterocycles. The highest BCUT2D eigenvalue weighted by Crippen LogP contribution is 2.22. The fourth-order valence-electron chi connectivity index (χ4n) is 1.04. The van der Waals surface area contributed by atoms with Gasteiger partial charge in [-0.15, -0.1) is 11.8 Å². The van der Waals surface area contributed by atoms with Gasteiger partial charge in [-0.3, -0.25) is 0 Å². The van der Waals surface area contributed by atoms with Crippen LogP contribution in [0.25, 0.3) is 0 Å². The Hall–Kier alpha value is -0.980. The maximum absolute atomic E-state index is 8.86. The Morgan fingerprint density at radius 1 is 1.54 bits per heavy atom.